The fourth-order valence-corrected chi connectivity index (χ4v) is 3.31. The fourth-order valence-electron chi connectivity index (χ4n) is 3.31. The van der Waals surface area contributed by atoms with E-state index in [1.54, 1.807) is 0 Å². The Labute approximate surface area is 125 Å². The van der Waals surface area contributed by atoms with Gasteiger partial charge in [-0.2, -0.15) is 0 Å². The summed E-state index contributed by atoms with van der Waals surface area (Å²) in [7, 11) is 0. The second kappa shape index (κ2) is 6.64. The number of hydrogen-bond donors (Lipinski definition) is 2. The van der Waals surface area contributed by atoms with Gasteiger partial charge in [0.15, 0.2) is 11.5 Å². The summed E-state index contributed by atoms with van der Waals surface area (Å²) in [6, 6.07) is 6.19. The van der Waals surface area contributed by atoms with Crippen molar-refractivity contribution < 1.29 is 14.2 Å². The van der Waals surface area contributed by atoms with Crippen LogP contribution in [0.1, 0.15) is 37.8 Å². The van der Waals surface area contributed by atoms with Crippen LogP contribution in [0.5, 0.6) is 11.5 Å². The van der Waals surface area contributed by atoms with E-state index in [1.807, 2.05) is 6.07 Å². The van der Waals surface area contributed by atoms with Gasteiger partial charge in [0.2, 0.25) is 0 Å². The third kappa shape index (κ3) is 3.00. The first-order valence-corrected chi connectivity index (χ1v) is 7.80. The summed E-state index contributed by atoms with van der Waals surface area (Å²) in [4.78, 5) is 0. The molecule has 0 bridgehead atoms. The topological polar surface area (TPSA) is 65.7 Å². The Hall–Kier alpha value is -1.30. The summed E-state index contributed by atoms with van der Waals surface area (Å²) in [5.41, 5.74) is 4.11. The van der Waals surface area contributed by atoms with Crippen molar-refractivity contribution in [1.82, 2.24) is 5.43 Å². The van der Waals surface area contributed by atoms with Crippen LogP contribution in [-0.4, -0.2) is 25.9 Å². The molecule has 1 fully saturated rings. The summed E-state index contributed by atoms with van der Waals surface area (Å²) >= 11 is 0. The lowest BCUT2D eigenvalue weighted by atomic mass is 9.87. The lowest BCUT2D eigenvalue weighted by molar-refractivity contribution is 0.0773. The summed E-state index contributed by atoms with van der Waals surface area (Å²) < 4.78 is 17.3. The normalized spacial score (nSPS) is 26.4. The molecule has 3 N–H and O–H groups in total. The van der Waals surface area contributed by atoms with Crippen molar-refractivity contribution in [3.05, 3.63) is 23.8 Å². The van der Waals surface area contributed by atoms with E-state index in [9.17, 15) is 0 Å². The highest BCUT2D eigenvalue weighted by Gasteiger charge is 2.34. The van der Waals surface area contributed by atoms with Gasteiger partial charge in [0.25, 0.3) is 0 Å². The van der Waals surface area contributed by atoms with Crippen LogP contribution in [0.3, 0.4) is 0 Å². The molecule has 2 heterocycles. The lowest BCUT2D eigenvalue weighted by Gasteiger charge is -2.27. The minimum atomic E-state index is 0.0783. The average Bonchev–Trinajstić information content (AvgIpc) is 2.85. The first-order valence-electron chi connectivity index (χ1n) is 7.80. The standard InChI is InChI=1S/C16H24N2O3/c1-2-13-12(6-9-21-13)16(18-17)11-4-5-14-15(10-11)20-8-3-7-19-14/h4-5,10,12-13,16,18H,2-3,6-9,17H2,1H3. The van der Waals surface area contributed by atoms with Crippen molar-refractivity contribution in [3.8, 4) is 11.5 Å². The van der Waals surface area contributed by atoms with Gasteiger partial charge in [-0.25, -0.2) is 0 Å². The van der Waals surface area contributed by atoms with E-state index in [0.29, 0.717) is 19.1 Å². The molecule has 5 heteroatoms. The highest BCUT2D eigenvalue weighted by Crippen LogP contribution is 2.38. The van der Waals surface area contributed by atoms with E-state index < -0.39 is 0 Å². The van der Waals surface area contributed by atoms with Crippen molar-refractivity contribution in [1.29, 1.82) is 0 Å². The van der Waals surface area contributed by atoms with Crippen LogP contribution in [0.15, 0.2) is 18.2 Å². The molecule has 116 valence electrons. The van der Waals surface area contributed by atoms with Crippen LogP contribution in [-0.2, 0) is 4.74 Å². The van der Waals surface area contributed by atoms with E-state index in [1.165, 1.54) is 0 Å². The number of nitrogens with one attached hydrogen (secondary N) is 1. The van der Waals surface area contributed by atoms with E-state index >= 15 is 0 Å². The quantitative estimate of drug-likeness (QED) is 0.657. The second-order valence-electron chi connectivity index (χ2n) is 5.67. The Balaban J connectivity index is 1.85. The smallest absolute Gasteiger partial charge is 0.161 e. The molecule has 2 aliphatic heterocycles. The molecule has 1 saturated heterocycles. The van der Waals surface area contributed by atoms with Gasteiger partial charge < -0.3 is 14.2 Å². The van der Waals surface area contributed by atoms with Crippen LogP contribution >= 0.6 is 0 Å². The number of benzene rings is 1. The minimum Gasteiger partial charge on any atom is -0.490 e. The third-order valence-corrected chi connectivity index (χ3v) is 4.40. The molecule has 3 unspecified atom stereocenters. The van der Waals surface area contributed by atoms with Gasteiger partial charge in [-0.1, -0.05) is 13.0 Å². The van der Waals surface area contributed by atoms with Gasteiger partial charge in [-0.15, -0.1) is 0 Å². The zero-order valence-electron chi connectivity index (χ0n) is 12.5. The molecule has 3 atom stereocenters. The number of fused-ring (bicyclic) bond motifs is 1. The number of nitrogens with two attached hydrogens (primary N) is 1. The zero-order valence-corrected chi connectivity index (χ0v) is 12.5. The average molecular weight is 292 g/mol. The Bertz CT molecular complexity index is 481. The molecule has 0 spiro atoms. The van der Waals surface area contributed by atoms with Gasteiger partial charge in [0.05, 0.1) is 25.4 Å². The Kier molecular flexibility index (Phi) is 4.63. The monoisotopic (exact) mass is 292 g/mol. The molecule has 0 saturated carbocycles. The molecule has 2 aliphatic rings. The van der Waals surface area contributed by atoms with Crippen LogP contribution < -0.4 is 20.7 Å². The van der Waals surface area contributed by atoms with E-state index in [-0.39, 0.29) is 12.1 Å². The number of ether oxygens (including phenoxy) is 3. The predicted molar refractivity (Wildman–Crippen MR) is 80.3 cm³/mol. The van der Waals surface area contributed by atoms with E-state index in [0.717, 1.165) is 42.9 Å². The maximum Gasteiger partial charge on any atom is 0.161 e. The molecule has 5 nitrogen and oxygen atoms in total. The molecule has 3 rings (SSSR count). The highest BCUT2D eigenvalue weighted by atomic mass is 16.5. The first-order chi connectivity index (χ1) is 10.3. The maximum absolute atomic E-state index is 5.83. The summed E-state index contributed by atoms with van der Waals surface area (Å²) in [5.74, 6) is 7.86. The van der Waals surface area contributed by atoms with Crippen LogP contribution in [0.25, 0.3) is 0 Å². The van der Waals surface area contributed by atoms with Gasteiger partial charge in [0, 0.05) is 18.9 Å². The summed E-state index contributed by atoms with van der Waals surface area (Å²) in [6.45, 7) is 4.37. The summed E-state index contributed by atoms with van der Waals surface area (Å²) in [5, 5.41) is 0. The largest absolute Gasteiger partial charge is 0.490 e. The predicted octanol–water partition coefficient (Wildman–Crippen LogP) is 2.17. The first kappa shape index (κ1) is 14.6. The van der Waals surface area contributed by atoms with Gasteiger partial charge in [-0.3, -0.25) is 11.3 Å². The molecule has 0 radical (unpaired) electrons. The number of hydrogen-bond acceptors (Lipinski definition) is 5. The summed E-state index contributed by atoms with van der Waals surface area (Å²) in [6.07, 6.45) is 3.22. The Morgan fingerprint density at radius 2 is 2.05 bits per heavy atom. The van der Waals surface area contributed by atoms with Crippen molar-refractivity contribution >= 4 is 0 Å². The highest BCUT2D eigenvalue weighted by molar-refractivity contribution is 5.44. The molecule has 0 aromatic heterocycles. The molecular weight excluding hydrogens is 268 g/mol. The second-order valence-corrected chi connectivity index (χ2v) is 5.67. The molecule has 1 aromatic rings. The minimum absolute atomic E-state index is 0.0783. The molecule has 1 aromatic carbocycles. The third-order valence-electron chi connectivity index (χ3n) is 4.40. The van der Waals surface area contributed by atoms with Crippen LogP contribution in [0.4, 0.5) is 0 Å². The Morgan fingerprint density at radius 1 is 1.24 bits per heavy atom. The van der Waals surface area contributed by atoms with Crippen LogP contribution in [0, 0.1) is 5.92 Å². The maximum atomic E-state index is 5.83. The SMILES string of the molecule is CCC1OCCC1C(NN)c1ccc2c(c1)OCCCO2. The number of hydrazine groups is 1. The Morgan fingerprint density at radius 3 is 2.81 bits per heavy atom. The molecule has 21 heavy (non-hydrogen) atoms. The van der Waals surface area contributed by atoms with Crippen molar-refractivity contribution in [2.24, 2.45) is 11.8 Å². The molecular formula is C16H24N2O3. The molecule has 0 amide bonds. The van der Waals surface area contributed by atoms with Crippen molar-refractivity contribution in [2.75, 3.05) is 19.8 Å². The van der Waals surface area contributed by atoms with E-state index in [2.05, 4.69) is 24.5 Å². The van der Waals surface area contributed by atoms with Gasteiger partial charge >= 0.3 is 0 Å². The molecule has 0 aliphatic carbocycles. The lowest BCUT2D eigenvalue weighted by Crippen LogP contribution is -2.36. The van der Waals surface area contributed by atoms with Crippen LogP contribution in [0.2, 0.25) is 0 Å². The number of rotatable bonds is 4. The van der Waals surface area contributed by atoms with Crippen molar-refractivity contribution in [2.45, 2.75) is 38.3 Å². The van der Waals surface area contributed by atoms with Crippen molar-refractivity contribution in [3.63, 3.8) is 0 Å². The van der Waals surface area contributed by atoms with Gasteiger partial charge in [-0.05, 0) is 30.5 Å². The van der Waals surface area contributed by atoms with E-state index in [4.69, 9.17) is 20.1 Å². The fraction of sp³-hybridized carbons (Fsp3) is 0.625. The zero-order chi connectivity index (χ0) is 14.7. The van der Waals surface area contributed by atoms with Gasteiger partial charge in [0.1, 0.15) is 0 Å².